The SMILES string of the molecule is CCSC(CC[n+]1c(C)sc2ccccc21)SCC. The first-order valence-electron chi connectivity index (χ1n) is 6.87. The number of fused-ring (bicyclic) bond motifs is 1. The minimum atomic E-state index is 0.737. The van der Waals surface area contributed by atoms with Crippen LogP contribution in [0.1, 0.15) is 25.3 Å². The number of benzene rings is 1. The highest BCUT2D eigenvalue weighted by molar-refractivity contribution is 8.16. The number of aryl methyl sites for hydroxylation is 2. The molecule has 1 aromatic carbocycles. The second kappa shape index (κ2) is 7.55. The van der Waals surface area contributed by atoms with Gasteiger partial charge in [-0.05, 0) is 17.6 Å². The summed E-state index contributed by atoms with van der Waals surface area (Å²) in [6.45, 7) is 7.89. The predicted molar refractivity (Wildman–Crippen MR) is 91.4 cm³/mol. The summed E-state index contributed by atoms with van der Waals surface area (Å²) >= 11 is 6.08. The van der Waals surface area contributed by atoms with Crippen molar-refractivity contribution in [3.05, 3.63) is 29.3 Å². The van der Waals surface area contributed by atoms with Crippen molar-refractivity contribution in [3.8, 4) is 0 Å². The van der Waals surface area contributed by atoms with Crippen LogP contribution in [0.5, 0.6) is 0 Å². The summed E-state index contributed by atoms with van der Waals surface area (Å²) in [5, 5.41) is 1.42. The molecule has 0 radical (unpaired) electrons. The van der Waals surface area contributed by atoms with E-state index in [0.29, 0.717) is 0 Å². The Labute approximate surface area is 128 Å². The normalized spacial score (nSPS) is 11.6. The maximum Gasteiger partial charge on any atom is 0.235 e. The number of aromatic nitrogens is 1. The van der Waals surface area contributed by atoms with Crippen LogP contribution in [0.15, 0.2) is 24.3 Å². The van der Waals surface area contributed by atoms with E-state index in [9.17, 15) is 0 Å². The van der Waals surface area contributed by atoms with E-state index < -0.39 is 0 Å². The number of thiazole rings is 1. The van der Waals surface area contributed by atoms with Crippen molar-refractivity contribution < 1.29 is 4.57 Å². The fraction of sp³-hybridized carbons (Fsp3) is 0.533. The number of hydrogen-bond donors (Lipinski definition) is 0. The molecule has 0 aliphatic rings. The van der Waals surface area contributed by atoms with Crippen LogP contribution < -0.4 is 4.57 Å². The fourth-order valence-corrected chi connectivity index (χ4v) is 5.79. The van der Waals surface area contributed by atoms with Gasteiger partial charge in [0.05, 0.1) is 4.58 Å². The van der Waals surface area contributed by atoms with Gasteiger partial charge in [0.2, 0.25) is 10.5 Å². The van der Waals surface area contributed by atoms with E-state index in [-0.39, 0.29) is 0 Å². The average molecular weight is 313 g/mol. The molecule has 0 saturated carbocycles. The lowest BCUT2D eigenvalue weighted by Gasteiger charge is -2.12. The topological polar surface area (TPSA) is 3.88 Å². The Kier molecular flexibility index (Phi) is 6.05. The van der Waals surface area contributed by atoms with Crippen LogP contribution in [-0.4, -0.2) is 16.1 Å². The number of para-hydroxylation sites is 1. The highest BCUT2D eigenvalue weighted by atomic mass is 32.2. The van der Waals surface area contributed by atoms with Crippen LogP contribution in [-0.2, 0) is 6.54 Å². The largest absolute Gasteiger partial charge is 0.235 e. The molecule has 0 unspecified atom stereocenters. The molecule has 0 saturated heterocycles. The van der Waals surface area contributed by atoms with Gasteiger partial charge in [0.15, 0.2) is 6.54 Å². The van der Waals surface area contributed by atoms with Crippen LogP contribution in [0.2, 0.25) is 0 Å². The molecule has 0 amide bonds. The zero-order chi connectivity index (χ0) is 13.7. The van der Waals surface area contributed by atoms with Gasteiger partial charge in [-0.3, -0.25) is 0 Å². The summed E-state index contributed by atoms with van der Waals surface area (Å²) in [5.41, 5.74) is 1.40. The summed E-state index contributed by atoms with van der Waals surface area (Å²) in [7, 11) is 0. The van der Waals surface area contributed by atoms with Crippen molar-refractivity contribution in [1.29, 1.82) is 0 Å². The molecular formula is C15H22NS3+. The highest BCUT2D eigenvalue weighted by Gasteiger charge is 2.18. The fourth-order valence-electron chi connectivity index (χ4n) is 2.25. The molecular weight excluding hydrogens is 290 g/mol. The summed E-state index contributed by atoms with van der Waals surface area (Å²) in [4.78, 5) is 0. The molecule has 1 aromatic heterocycles. The maximum absolute atomic E-state index is 2.49. The van der Waals surface area contributed by atoms with Crippen molar-refractivity contribution in [2.24, 2.45) is 0 Å². The van der Waals surface area contributed by atoms with Gasteiger partial charge in [-0.15, -0.1) is 23.5 Å². The molecule has 0 spiro atoms. The zero-order valence-corrected chi connectivity index (χ0v) is 14.3. The standard InChI is InChI=1S/C15H22NS3/c1-4-17-15(18-5-2)10-11-16-12(3)19-14-9-7-6-8-13(14)16/h6-9,15H,4-5,10-11H2,1-3H3/q+1. The monoisotopic (exact) mass is 312 g/mol. The number of hydrogen-bond acceptors (Lipinski definition) is 3. The number of rotatable bonds is 7. The molecule has 1 nitrogen and oxygen atoms in total. The molecule has 2 aromatic rings. The van der Waals surface area contributed by atoms with E-state index in [1.54, 1.807) is 0 Å². The van der Waals surface area contributed by atoms with Gasteiger partial charge in [-0.2, -0.15) is 4.57 Å². The summed E-state index contributed by atoms with van der Waals surface area (Å²) < 4.78 is 4.63. The van der Waals surface area contributed by atoms with Crippen molar-refractivity contribution >= 4 is 45.1 Å². The quantitative estimate of drug-likeness (QED) is 0.538. The van der Waals surface area contributed by atoms with Gasteiger partial charge >= 0.3 is 0 Å². The lowest BCUT2D eigenvalue weighted by Crippen LogP contribution is -2.36. The first-order valence-corrected chi connectivity index (χ1v) is 9.78. The van der Waals surface area contributed by atoms with E-state index >= 15 is 0 Å². The van der Waals surface area contributed by atoms with E-state index in [4.69, 9.17) is 0 Å². The first kappa shape index (κ1) is 15.2. The Morgan fingerprint density at radius 1 is 1.16 bits per heavy atom. The molecule has 2 rings (SSSR count). The predicted octanol–water partition coefficient (Wildman–Crippen LogP) is 4.72. The van der Waals surface area contributed by atoms with Crippen LogP contribution >= 0.6 is 34.9 Å². The Bertz CT molecular complexity index is 515. The van der Waals surface area contributed by atoms with Gasteiger partial charge in [0, 0.05) is 19.4 Å². The molecule has 0 fully saturated rings. The summed E-state index contributed by atoms with van der Waals surface area (Å²) in [6.07, 6.45) is 1.25. The van der Waals surface area contributed by atoms with Crippen molar-refractivity contribution in [3.63, 3.8) is 0 Å². The summed E-state index contributed by atoms with van der Waals surface area (Å²) in [5.74, 6) is 2.43. The van der Waals surface area contributed by atoms with Crippen LogP contribution in [0, 0.1) is 6.92 Å². The van der Waals surface area contributed by atoms with E-state index in [1.165, 1.54) is 33.2 Å². The summed E-state index contributed by atoms with van der Waals surface area (Å²) in [6, 6.07) is 8.74. The third-order valence-corrected chi connectivity index (χ3v) is 6.87. The number of thioether (sulfide) groups is 2. The van der Waals surface area contributed by atoms with Crippen LogP contribution in [0.4, 0.5) is 0 Å². The third-order valence-electron chi connectivity index (χ3n) is 3.09. The number of nitrogens with zero attached hydrogens (tertiary/aromatic N) is 1. The van der Waals surface area contributed by atoms with Crippen LogP contribution in [0.3, 0.4) is 0 Å². The van der Waals surface area contributed by atoms with Crippen molar-refractivity contribution in [2.75, 3.05) is 11.5 Å². The highest BCUT2D eigenvalue weighted by Crippen LogP contribution is 2.27. The second-order valence-corrected chi connectivity index (χ2v) is 8.86. The Morgan fingerprint density at radius 3 is 2.53 bits per heavy atom. The second-order valence-electron chi connectivity index (χ2n) is 4.37. The molecule has 0 aliphatic carbocycles. The van der Waals surface area contributed by atoms with E-state index in [0.717, 1.165) is 11.1 Å². The average Bonchev–Trinajstić information content (AvgIpc) is 2.72. The van der Waals surface area contributed by atoms with E-state index in [1.807, 2.05) is 11.3 Å². The van der Waals surface area contributed by atoms with Gasteiger partial charge < -0.3 is 0 Å². The van der Waals surface area contributed by atoms with Gasteiger partial charge in [-0.25, -0.2) is 0 Å². The van der Waals surface area contributed by atoms with E-state index in [2.05, 4.69) is 73.1 Å². The minimum absolute atomic E-state index is 0.737. The smallest absolute Gasteiger partial charge is 0.186 e. The lowest BCUT2D eigenvalue weighted by molar-refractivity contribution is -0.672. The molecule has 1 heterocycles. The minimum Gasteiger partial charge on any atom is -0.186 e. The van der Waals surface area contributed by atoms with Crippen molar-refractivity contribution in [2.45, 2.75) is 38.3 Å². The Hall–Kier alpha value is -0.190. The lowest BCUT2D eigenvalue weighted by atomic mass is 10.3. The van der Waals surface area contributed by atoms with Gasteiger partial charge in [0.1, 0.15) is 4.70 Å². The molecule has 104 valence electrons. The molecule has 0 aliphatic heterocycles. The maximum atomic E-state index is 2.49. The molecule has 0 atom stereocenters. The molecule has 19 heavy (non-hydrogen) atoms. The van der Waals surface area contributed by atoms with Gasteiger partial charge in [-0.1, -0.05) is 37.3 Å². The molecule has 4 heteroatoms. The zero-order valence-electron chi connectivity index (χ0n) is 11.9. The molecule has 0 bridgehead atoms. The van der Waals surface area contributed by atoms with Gasteiger partial charge in [0.25, 0.3) is 0 Å². The Balaban J connectivity index is 2.10. The molecule has 0 N–H and O–H groups in total. The van der Waals surface area contributed by atoms with Crippen LogP contribution in [0.25, 0.3) is 10.2 Å². The van der Waals surface area contributed by atoms with Crippen molar-refractivity contribution in [1.82, 2.24) is 0 Å². The third kappa shape index (κ3) is 3.89. The first-order chi connectivity index (χ1) is 9.26. The Morgan fingerprint density at radius 2 is 1.84 bits per heavy atom.